The van der Waals surface area contributed by atoms with Crippen LogP contribution in [0.2, 0.25) is 0 Å². The van der Waals surface area contributed by atoms with E-state index >= 15 is 0 Å². The molecular weight excluding hydrogens is 440 g/mol. The van der Waals surface area contributed by atoms with Crippen LogP contribution in [0.5, 0.6) is 0 Å². The molecule has 0 spiro atoms. The molecule has 2 heteroatoms. The quantitative estimate of drug-likeness (QED) is 0.140. The zero-order chi connectivity index (χ0) is 27.0. The first-order valence-corrected chi connectivity index (χ1v) is 14.1. The summed E-state index contributed by atoms with van der Waals surface area (Å²) in [5.41, 5.74) is 7.74. The molecule has 0 saturated carbocycles. The molecule has 1 rings (SSSR count). The van der Waals surface area contributed by atoms with E-state index in [2.05, 4.69) is 65.8 Å². The molecule has 0 aromatic rings. The fourth-order valence-corrected chi connectivity index (χ4v) is 5.08. The first kappa shape index (κ1) is 31.7. The Kier molecular flexibility index (Phi) is 15.1. The molecule has 0 unspecified atom stereocenters. The zero-order valence-electron chi connectivity index (χ0n) is 24.3. The van der Waals surface area contributed by atoms with Crippen molar-refractivity contribution in [3.8, 4) is 0 Å². The van der Waals surface area contributed by atoms with Gasteiger partial charge in [-0.25, -0.2) is 4.79 Å². The smallest absolute Gasteiger partial charge is 0.331 e. The largest absolute Gasteiger partial charge is 0.478 e. The Balaban J connectivity index is 2.95. The second kappa shape index (κ2) is 17.2. The molecule has 0 atom stereocenters. The molecule has 0 fully saturated rings. The lowest BCUT2D eigenvalue weighted by Crippen LogP contribution is -2.22. The number of hydrogen-bond acceptors (Lipinski definition) is 1. The Morgan fingerprint density at radius 1 is 0.889 bits per heavy atom. The summed E-state index contributed by atoms with van der Waals surface area (Å²) in [7, 11) is 0. The lowest BCUT2D eigenvalue weighted by atomic mass is 9.69. The second-order valence-electron chi connectivity index (χ2n) is 11.2. The predicted molar refractivity (Wildman–Crippen MR) is 158 cm³/mol. The first-order valence-electron chi connectivity index (χ1n) is 14.1. The van der Waals surface area contributed by atoms with E-state index < -0.39 is 5.97 Å². The van der Waals surface area contributed by atoms with Crippen LogP contribution in [0.25, 0.3) is 0 Å². The van der Waals surface area contributed by atoms with Crippen molar-refractivity contribution in [1.29, 1.82) is 0 Å². The molecule has 0 aromatic carbocycles. The van der Waals surface area contributed by atoms with Gasteiger partial charge in [0.05, 0.1) is 0 Å². The maximum Gasteiger partial charge on any atom is 0.331 e. The van der Waals surface area contributed by atoms with Crippen molar-refractivity contribution in [2.75, 3.05) is 0 Å². The average Bonchev–Trinajstić information content (AvgIpc) is 2.80. The number of hydrogen-bond donors (Lipinski definition) is 1. The summed E-state index contributed by atoms with van der Waals surface area (Å²) >= 11 is 0. The minimum atomic E-state index is -0.886. The van der Waals surface area contributed by atoms with Crippen LogP contribution < -0.4 is 0 Å². The average molecular weight is 493 g/mol. The molecule has 1 aliphatic rings. The highest BCUT2D eigenvalue weighted by atomic mass is 16.4. The third-order valence-electron chi connectivity index (χ3n) is 7.10. The predicted octanol–water partition coefficient (Wildman–Crippen LogP) is 10.6. The molecule has 1 N–H and O–H groups in total. The summed E-state index contributed by atoms with van der Waals surface area (Å²) < 4.78 is 0. The maximum atomic E-state index is 10.8. The lowest BCUT2D eigenvalue weighted by Gasteiger charge is -2.36. The number of unbranched alkanes of at least 4 members (excludes halogenated alkanes) is 6. The van der Waals surface area contributed by atoms with E-state index in [-0.39, 0.29) is 5.41 Å². The number of aliphatic carboxylic acids is 1. The maximum absolute atomic E-state index is 10.8. The van der Waals surface area contributed by atoms with Crippen molar-refractivity contribution in [3.63, 3.8) is 0 Å². The molecule has 36 heavy (non-hydrogen) atoms. The molecule has 0 aliphatic heterocycles. The monoisotopic (exact) mass is 492 g/mol. The van der Waals surface area contributed by atoms with Gasteiger partial charge >= 0.3 is 5.97 Å². The first-order chi connectivity index (χ1) is 17.1. The van der Waals surface area contributed by atoms with Crippen LogP contribution in [-0.2, 0) is 4.79 Å². The van der Waals surface area contributed by atoms with E-state index in [0.717, 1.165) is 5.57 Å². The normalized spacial score (nSPS) is 18.1. The van der Waals surface area contributed by atoms with Gasteiger partial charge in [0.2, 0.25) is 0 Å². The molecule has 0 radical (unpaired) electrons. The second-order valence-corrected chi connectivity index (χ2v) is 11.2. The number of carboxylic acids is 1. The highest BCUT2D eigenvalue weighted by molar-refractivity contribution is 5.86. The Morgan fingerprint density at radius 3 is 2.14 bits per heavy atom. The Morgan fingerprint density at radius 2 is 1.50 bits per heavy atom. The third-order valence-corrected chi connectivity index (χ3v) is 7.10. The van der Waals surface area contributed by atoms with Crippen LogP contribution in [0.15, 0.2) is 82.0 Å². The third kappa shape index (κ3) is 12.6. The van der Waals surface area contributed by atoms with E-state index in [9.17, 15) is 4.79 Å². The van der Waals surface area contributed by atoms with Crippen molar-refractivity contribution in [2.24, 2.45) is 5.41 Å². The summed E-state index contributed by atoms with van der Waals surface area (Å²) in [6.07, 6.45) is 30.5. The van der Waals surface area contributed by atoms with Gasteiger partial charge < -0.3 is 5.11 Å². The molecule has 0 amide bonds. The van der Waals surface area contributed by atoms with E-state index in [0.29, 0.717) is 5.57 Å². The van der Waals surface area contributed by atoms with Gasteiger partial charge in [-0.15, -0.1) is 0 Å². The minimum Gasteiger partial charge on any atom is -0.478 e. The Hall–Kier alpha value is -2.35. The molecule has 0 aromatic heterocycles. The minimum absolute atomic E-state index is 0.254. The highest BCUT2D eigenvalue weighted by Crippen LogP contribution is 2.45. The molecule has 0 saturated heterocycles. The van der Waals surface area contributed by atoms with Crippen molar-refractivity contribution < 1.29 is 9.90 Å². The van der Waals surface area contributed by atoms with Gasteiger partial charge in [-0.1, -0.05) is 125 Å². The Labute approximate surface area is 222 Å². The summed E-state index contributed by atoms with van der Waals surface area (Å²) in [5, 5.41) is 8.90. The van der Waals surface area contributed by atoms with Crippen LogP contribution in [0.3, 0.4) is 0 Å². The van der Waals surface area contributed by atoms with Gasteiger partial charge in [0.25, 0.3) is 0 Å². The molecule has 0 bridgehead atoms. The number of allylic oxidation sites excluding steroid dienone is 13. The highest BCUT2D eigenvalue weighted by Gasteiger charge is 2.30. The van der Waals surface area contributed by atoms with Gasteiger partial charge in [0, 0.05) is 5.57 Å². The summed E-state index contributed by atoms with van der Waals surface area (Å²) in [5.74, 6) is -0.886. The van der Waals surface area contributed by atoms with Crippen LogP contribution in [0, 0.1) is 5.41 Å². The van der Waals surface area contributed by atoms with Crippen LogP contribution in [0.4, 0.5) is 0 Å². The van der Waals surface area contributed by atoms with E-state index in [1.165, 1.54) is 76.2 Å². The fourth-order valence-electron chi connectivity index (χ4n) is 5.08. The summed E-state index contributed by atoms with van der Waals surface area (Å²) in [6, 6.07) is 0. The van der Waals surface area contributed by atoms with E-state index in [1.807, 2.05) is 12.2 Å². The van der Waals surface area contributed by atoms with Gasteiger partial charge in [0.1, 0.15) is 0 Å². The van der Waals surface area contributed by atoms with Gasteiger partial charge in [-0.2, -0.15) is 0 Å². The lowest BCUT2D eigenvalue weighted by molar-refractivity contribution is -0.132. The standard InChI is InChI=1S/C34H52O2/c1-8-9-10-11-12-13-14-24-31(32-29(4)23-18-25-34(32,6)7)26-28(3)21-17-20-27(2)19-15-16-22-30(5)33(35)36/h15-17,19-22,26H,8-14,18,23-25H2,1-7H3,(H,35,36)/b16-15-,20-17+,27-19+,28-21+,30-22+,31-26+. The van der Waals surface area contributed by atoms with Crippen molar-refractivity contribution >= 4 is 5.97 Å². The summed E-state index contributed by atoms with van der Waals surface area (Å²) in [6.45, 7) is 15.3. The Bertz CT molecular complexity index is 913. The topological polar surface area (TPSA) is 37.3 Å². The molecular formula is C34H52O2. The molecule has 0 heterocycles. The van der Waals surface area contributed by atoms with Crippen LogP contribution in [0.1, 0.15) is 119 Å². The van der Waals surface area contributed by atoms with E-state index in [4.69, 9.17) is 5.11 Å². The number of carboxylic acid groups (broad SMARTS) is 1. The fraction of sp³-hybridized carbons (Fsp3) is 0.559. The molecule has 2 nitrogen and oxygen atoms in total. The summed E-state index contributed by atoms with van der Waals surface area (Å²) in [4.78, 5) is 10.8. The molecule has 200 valence electrons. The van der Waals surface area contributed by atoms with Crippen LogP contribution >= 0.6 is 0 Å². The number of carbonyl (C=O) groups is 1. The molecule has 1 aliphatic carbocycles. The van der Waals surface area contributed by atoms with Gasteiger partial charge in [0.15, 0.2) is 0 Å². The van der Waals surface area contributed by atoms with Crippen LogP contribution in [-0.4, -0.2) is 11.1 Å². The van der Waals surface area contributed by atoms with E-state index in [1.54, 1.807) is 35.8 Å². The number of rotatable bonds is 15. The van der Waals surface area contributed by atoms with Crippen molar-refractivity contribution in [3.05, 3.63) is 82.0 Å². The van der Waals surface area contributed by atoms with Crippen molar-refractivity contribution in [2.45, 2.75) is 119 Å². The van der Waals surface area contributed by atoms with Gasteiger partial charge in [-0.05, 0) is 76.4 Å². The van der Waals surface area contributed by atoms with Crippen molar-refractivity contribution in [1.82, 2.24) is 0 Å². The zero-order valence-corrected chi connectivity index (χ0v) is 24.3. The SMILES string of the molecule is CCCCCCCCC\C(=C/C(C)=C/C=C/C(C)=C/C=C\C=C(/C)C(=O)O)C1=C(C)CCCC1(C)C. The van der Waals surface area contributed by atoms with Gasteiger partial charge in [-0.3, -0.25) is 0 Å².